The van der Waals surface area contributed by atoms with Crippen LogP contribution in [-0.4, -0.2) is 51.1 Å². The zero-order valence-corrected chi connectivity index (χ0v) is 16.7. The minimum absolute atomic E-state index is 0.0387. The van der Waals surface area contributed by atoms with Crippen molar-refractivity contribution in [3.8, 4) is 0 Å². The standard InChI is InChI=1S/C19H30N4O3S/c1-2-23-13-5-8-17(14-23)21-19(24)20-15-9-11-18(12-10-15)27(25,26)22-16-6-3-4-7-16/h9-12,16-17,22H,2-8,13-14H2,1H3,(H2,20,21,24)/t17-/m1/s1. The van der Waals surface area contributed by atoms with E-state index < -0.39 is 10.0 Å². The Morgan fingerprint density at radius 2 is 1.74 bits per heavy atom. The Balaban J connectivity index is 1.53. The molecular formula is C19H30N4O3S. The number of likely N-dealkylation sites (N-methyl/N-ethyl adjacent to an activating group) is 1. The molecule has 2 aliphatic rings. The molecule has 3 N–H and O–H groups in total. The number of rotatable bonds is 6. The second-order valence-electron chi connectivity index (χ2n) is 7.46. The number of anilines is 1. The van der Waals surface area contributed by atoms with E-state index in [4.69, 9.17) is 0 Å². The Labute approximate surface area is 161 Å². The van der Waals surface area contributed by atoms with E-state index in [2.05, 4.69) is 27.2 Å². The summed E-state index contributed by atoms with van der Waals surface area (Å²) in [5, 5.41) is 5.79. The largest absolute Gasteiger partial charge is 0.334 e. The second-order valence-corrected chi connectivity index (χ2v) is 9.17. The van der Waals surface area contributed by atoms with Crippen molar-refractivity contribution >= 4 is 21.7 Å². The number of hydrogen-bond acceptors (Lipinski definition) is 4. The van der Waals surface area contributed by atoms with Gasteiger partial charge in [-0.25, -0.2) is 17.9 Å². The van der Waals surface area contributed by atoms with Crippen molar-refractivity contribution in [3.05, 3.63) is 24.3 Å². The molecule has 1 saturated carbocycles. The first-order chi connectivity index (χ1) is 13.0. The lowest BCUT2D eigenvalue weighted by Gasteiger charge is -2.32. The average molecular weight is 395 g/mol. The van der Waals surface area contributed by atoms with Gasteiger partial charge in [-0.2, -0.15) is 0 Å². The maximum Gasteiger partial charge on any atom is 0.319 e. The molecule has 0 spiro atoms. The van der Waals surface area contributed by atoms with E-state index in [0.717, 1.165) is 58.2 Å². The fraction of sp³-hybridized carbons (Fsp3) is 0.632. The van der Waals surface area contributed by atoms with E-state index in [1.807, 2.05) is 0 Å². The number of nitrogens with zero attached hydrogens (tertiary/aromatic N) is 1. The molecule has 8 heteroatoms. The van der Waals surface area contributed by atoms with Gasteiger partial charge in [0.2, 0.25) is 10.0 Å². The third kappa shape index (κ3) is 5.67. The van der Waals surface area contributed by atoms with Crippen LogP contribution < -0.4 is 15.4 Å². The molecular weight excluding hydrogens is 364 g/mol. The summed E-state index contributed by atoms with van der Waals surface area (Å²) in [6.07, 6.45) is 6.00. The van der Waals surface area contributed by atoms with Crippen LogP contribution >= 0.6 is 0 Å². The van der Waals surface area contributed by atoms with Gasteiger partial charge in [-0.3, -0.25) is 0 Å². The minimum atomic E-state index is -3.50. The number of piperidine rings is 1. The maximum absolute atomic E-state index is 12.4. The van der Waals surface area contributed by atoms with Gasteiger partial charge >= 0.3 is 6.03 Å². The van der Waals surface area contributed by atoms with Crippen molar-refractivity contribution < 1.29 is 13.2 Å². The van der Waals surface area contributed by atoms with Gasteiger partial charge in [-0.15, -0.1) is 0 Å². The fourth-order valence-electron chi connectivity index (χ4n) is 3.86. The highest BCUT2D eigenvalue weighted by atomic mass is 32.2. The van der Waals surface area contributed by atoms with Gasteiger partial charge in [0, 0.05) is 24.3 Å². The summed E-state index contributed by atoms with van der Waals surface area (Å²) >= 11 is 0. The van der Waals surface area contributed by atoms with Crippen LogP contribution in [0, 0.1) is 0 Å². The van der Waals surface area contributed by atoms with Crippen LogP contribution in [0.25, 0.3) is 0 Å². The lowest BCUT2D eigenvalue weighted by molar-refractivity contribution is 0.196. The molecule has 1 heterocycles. The van der Waals surface area contributed by atoms with Gasteiger partial charge in [-0.05, 0) is 63.0 Å². The van der Waals surface area contributed by atoms with Crippen molar-refractivity contribution in [2.75, 3.05) is 25.0 Å². The summed E-state index contributed by atoms with van der Waals surface area (Å²) in [6.45, 7) is 5.07. The molecule has 1 aliphatic heterocycles. The van der Waals surface area contributed by atoms with Gasteiger partial charge in [0.05, 0.1) is 4.90 Å². The van der Waals surface area contributed by atoms with E-state index in [9.17, 15) is 13.2 Å². The molecule has 0 unspecified atom stereocenters. The number of carbonyl (C=O) groups is 1. The Morgan fingerprint density at radius 3 is 2.41 bits per heavy atom. The smallest absolute Gasteiger partial charge is 0.319 e. The van der Waals surface area contributed by atoms with Crippen LogP contribution in [0.2, 0.25) is 0 Å². The monoisotopic (exact) mass is 394 g/mol. The van der Waals surface area contributed by atoms with Crippen molar-refractivity contribution in [3.63, 3.8) is 0 Å². The maximum atomic E-state index is 12.4. The van der Waals surface area contributed by atoms with Crippen LogP contribution in [0.1, 0.15) is 45.4 Å². The molecule has 3 rings (SSSR count). The zero-order chi connectivity index (χ0) is 19.3. The topological polar surface area (TPSA) is 90.5 Å². The van der Waals surface area contributed by atoms with E-state index in [-0.39, 0.29) is 23.0 Å². The molecule has 7 nitrogen and oxygen atoms in total. The lowest BCUT2D eigenvalue weighted by Crippen LogP contribution is -2.48. The van der Waals surface area contributed by atoms with E-state index in [1.165, 1.54) is 12.1 Å². The first-order valence-electron chi connectivity index (χ1n) is 9.88. The molecule has 0 radical (unpaired) electrons. The number of carbonyl (C=O) groups excluding carboxylic acids is 1. The molecule has 0 aromatic heterocycles. The minimum Gasteiger partial charge on any atom is -0.334 e. The van der Waals surface area contributed by atoms with Crippen LogP contribution in [0.5, 0.6) is 0 Å². The number of sulfonamides is 1. The molecule has 1 aliphatic carbocycles. The number of amides is 2. The lowest BCUT2D eigenvalue weighted by atomic mass is 10.1. The molecule has 150 valence electrons. The van der Waals surface area contributed by atoms with E-state index in [0.29, 0.717) is 5.69 Å². The molecule has 2 fully saturated rings. The van der Waals surface area contributed by atoms with Gasteiger partial charge < -0.3 is 15.5 Å². The molecule has 2 amide bonds. The highest BCUT2D eigenvalue weighted by molar-refractivity contribution is 7.89. The van der Waals surface area contributed by atoms with Crippen LogP contribution in [0.3, 0.4) is 0 Å². The predicted molar refractivity (Wildman–Crippen MR) is 106 cm³/mol. The SMILES string of the molecule is CCN1CCC[C@@H](NC(=O)Nc2ccc(S(=O)(=O)NC3CCCC3)cc2)C1. The second kappa shape index (κ2) is 9.03. The normalized spacial score (nSPS) is 21.9. The Morgan fingerprint density at radius 1 is 1.07 bits per heavy atom. The molecule has 0 bridgehead atoms. The van der Waals surface area contributed by atoms with Crippen molar-refractivity contribution in [2.45, 2.75) is 62.4 Å². The van der Waals surface area contributed by atoms with E-state index >= 15 is 0 Å². The molecule has 1 saturated heterocycles. The number of hydrogen-bond donors (Lipinski definition) is 3. The average Bonchev–Trinajstić information content (AvgIpc) is 3.14. The Hall–Kier alpha value is -1.64. The van der Waals surface area contributed by atoms with E-state index in [1.54, 1.807) is 12.1 Å². The third-order valence-corrected chi connectivity index (χ3v) is 6.92. The number of benzene rings is 1. The quantitative estimate of drug-likeness (QED) is 0.691. The highest BCUT2D eigenvalue weighted by Crippen LogP contribution is 2.21. The van der Waals surface area contributed by atoms with Gasteiger partial charge in [0.1, 0.15) is 0 Å². The Kier molecular flexibility index (Phi) is 6.73. The van der Waals surface area contributed by atoms with Gasteiger partial charge in [0.15, 0.2) is 0 Å². The number of likely N-dealkylation sites (tertiary alicyclic amines) is 1. The summed E-state index contributed by atoms with van der Waals surface area (Å²) in [7, 11) is -3.50. The molecule has 1 aromatic rings. The van der Waals surface area contributed by atoms with Crippen LogP contribution in [0.4, 0.5) is 10.5 Å². The number of nitrogens with one attached hydrogen (secondary N) is 3. The summed E-state index contributed by atoms with van der Waals surface area (Å²) in [5.41, 5.74) is 0.579. The molecule has 27 heavy (non-hydrogen) atoms. The first kappa shape index (κ1) is 20.1. The number of urea groups is 1. The van der Waals surface area contributed by atoms with Crippen LogP contribution in [-0.2, 0) is 10.0 Å². The highest BCUT2D eigenvalue weighted by Gasteiger charge is 2.23. The van der Waals surface area contributed by atoms with Crippen molar-refractivity contribution in [1.29, 1.82) is 0 Å². The van der Waals surface area contributed by atoms with Crippen molar-refractivity contribution in [1.82, 2.24) is 14.9 Å². The predicted octanol–water partition coefficient (Wildman–Crippen LogP) is 2.51. The summed E-state index contributed by atoms with van der Waals surface area (Å²) in [5.74, 6) is 0. The summed E-state index contributed by atoms with van der Waals surface area (Å²) < 4.78 is 27.6. The molecule has 1 aromatic carbocycles. The fourth-order valence-corrected chi connectivity index (χ4v) is 5.17. The zero-order valence-electron chi connectivity index (χ0n) is 15.9. The van der Waals surface area contributed by atoms with Gasteiger partial charge in [-0.1, -0.05) is 19.8 Å². The third-order valence-electron chi connectivity index (χ3n) is 5.39. The summed E-state index contributed by atoms with van der Waals surface area (Å²) in [6, 6.07) is 6.26. The summed E-state index contributed by atoms with van der Waals surface area (Å²) in [4.78, 5) is 14.8. The van der Waals surface area contributed by atoms with Gasteiger partial charge in [0.25, 0.3) is 0 Å². The Bertz CT molecular complexity index is 730. The molecule has 1 atom stereocenters. The van der Waals surface area contributed by atoms with Crippen molar-refractivity contribution in [2.24, 2.45) is 0 Å². The van der Waals surface area contributed by atoms with Crippen LogP contribution in [0.15, 0.2) is 29.2 Å². The first-order valence-corrected chi connectivity index (χ1v) is 11.4.